The first-order valence-electron chi connectivity index (χ1n) is 6.72. The van der Waals surface area contributed by atoms with Gasteiger partial charge in [0.15, 0.2) is 0 Å². The van der Waals surface area contributed by atoms with Crippen LogP contribution < -0.4 is 14.8 Å². The molecule has 0 unspecified atom stereocenters. The highest BCUT2D eigenvalue weighted by molar-refractivity contribution is 7.89. The first kappa shape index (κ1) is 18.4. The smallest absolute Gasteiger partial charge is 0.244 e. The molecule has 1 aromatic carbocycles. The lowest BCUT2D eigenvalue weighted by molar-refractivity contribution is -0.120. The van der Waals surface area contributed by atoms with Crippen molar-refractivity contribution in [2.45, 2.75) is 18.7 Å². The molecule has 0 aliphatic rings. The summed E-state index contributed by atoms with van der Waals surface area (Å²) in [6.07, 6.45) is 0. The van der Waals surface area contributed by atoms with Crippen LogP contribution in [0.3, 0.4) is 0 Å². The van der Waals surface area contributed by atoms with E-state index in [0.717, 1.165) is 11.1 Å². The Bertz CT molecular complexity index is 628. The lowest BCUT2D eigenvalue weighted by atomic mass is 10.1. The van der Waals surface area contributed by atoms with Gasteiger partial charge < -0.3 is 14.8 Å². The van der Waals surface area contributed by atoms with Crippen LogP contribution in [-0.4, -0.2) is 48.2 Å². The summed E-state index contributed by atoms with van der Waals surface area (Å²) >= 11 is 0. The Hall–Kier alpha value is -1.64. The fraction of sp³-hybridized carbons (Fsp3) is 0.500. The predicted octanol–water partition coefficient (Wildman–Crippen LogP) is 0.353. The molecule has 1 amide bonds. The summed E-state index contributed by atoms with van der Waals surface area (Å²) in [6, 6.07) is 3.18. The number of carbonyl (C=O) groups excluding carboxylic acids is 1. The summed E-state index contributed by atoms with van der Waals surface area (Å²) < 4.78 is 36.8. The molecule has 0 fully saturated rings. The standard InChI is InChI=1S/C14H22N2O5S/c1-10-7-12(21-4)13(8-11(10)2)22(18,19)16-9-14(17)15-5-6-20-3/h7-8,16H,5-6,9H2,1-4H3,(H,15,17). The van der Waals surface area contributed by atoms with E-state index in [4.69, 9.17) is 9.47 Å². The topological polar surface area (TPSA) is 93.7 Å². The van der Waals surface area contributed by atoms with E-state index < -0.39 is 15.9 Å². The monoisotopic (exact) mass is 330 g/mol. The van der Waals surface area contributed by atoms with Crippen molar-refractivity contribution in [1.82, 2.24) is 10.0 Å². The Labute approximate surface area is 131 Å². The lowest BCUT2D eigenvalue weighted by Gasteiger charge is -2.13. The number of sulfonamides is 1. The fourth-order valence-corrected chi connectivity index (χ4v) is 2.94. The van der Waals surface area contributed by atoms with Crippen molar-refractivity contribution in [3.8, 4) is 5.75 Å². The summed E-state index contributed by atoms with van der Waals surface area (Å²) in [7, 11) is -0.917. The second-order valence-corrected chi connectivity index (χ2v) is 6.49. The van der Waals surface area contributed by atoms with Gasteiger partial charge in [0.2, 0.25) is 15.9 Å². The van der Waals surface area contributed by atoms with Gasteiger partial charge in [0.1, 0.15) is 10.6 Å². The summed E-state index contributed by atoms with van der Waals surface area (Å²) in [6.45, 7) is 4.02. The molecule has 0 saturated carbocycles. The van der Waals surface area contributed by atoms with Crippen molar-refractivity contribution in [3.05, 3.63) is 23.3 Å². The molecule has 0 bridgehead atoms. The van der Waals surface area contributed by atoms with E-state index in [0.29, 0.717) is 13.2 Å². The molecule has 2 N–H and O–H groups in total. The van der Waals surface area contributed by atoms with Gasteiger partial charge in [-0.3, -0.25) is 4.79 Å². The predicted molar refractivity (Wildman–Crippen MR) is 82.5 cm³/mol. The van der Waals surface area contributed by atoms with Gasteiger partial charge in [-0.15, -0.1) is 0 Å². The Morgan fingerprint density at radius 3 is 2.41 bits per heavy atom. The number of hydrogen-bond acceptors (Lipinski definition) is 5. The van der Waals surface area contributed by atoms with Crippen LogP contribution in [0.25, 0.3) is 0 Å². The fourth-order valence-electron chi connectivity index (χ4n) is 1.73. The van der Waals surface area contributed by atoms with E-state index >= 15 is 0 Å². The van der Waals surface area contributed by atoms with Gasteiger partial charge in [0.05, 0.1) is 20.3 Å². The number of aryl methyl sites for hydroxylation is 2. The van der Waals surface area contributed by atoms with Crippen LogP contribution in [-0.2, 0) is 19.6 Å². The van der Waals surface area contributed by atoms with Gasteiger partial charge in [0, 0.05) is 13.7 Å². The number of carbonyl (C=O) groups is 1. The van der Waals surface area contributed by atoms with Gasteiger partial charge in [-0.05, 0) is 37.1 Å². The zero-order valence-electron chi connectivity index (χ0n) is 13.2. The van der Waals surface area contributed by atoms with E-state index in [1.54, 1.807) is 6.07 Å². The maximum absolute atomic E-state index is 12.3. The summed E-state index contributed by atoms with van der Waals surface area (Å²) in [5.41, 5.74) is 1.75. The molecule has 124 valence electrons. The van der Waals surface area contributed by atoms with Gasteiger partial charge >= 0.3 is 0 Å². The molecule has 0 radical (unpaired) electrons. The second kappa shape index (κ2) is 8.11. The minimum Gasteiger partial charge on any atom is -0.495 e. The van der Waals surface area contributed by atoms with Crippen molar-refractivity contribution < 1.29 is 22.7 Å². The summed E-state index contributed by atoms with van der Waals surface area (Å²) in [5, 5.41) is 2.53. The van der Waals surface area contributed by atoms with Gasteiger partial charge in [-0.2, -0.15) is 0 Å². The molecule has 1 aromatic rings. The first-order valence-corrected chi connectivity index (χ1v) is 8.20. The molecule has 0 aromatic heterocycles. The van der Waals surface area contributed by atoms with Crippen LogP contribution >= 0.6 is 0 Å². The molecule has 0 saturated heterocycles. The average Bonchev–Trinajstić information content (AvgIpc) is 2.47. The molecular weight excluding hydrogens is 308 g/mol. The number of amides is 1. The van der Waals surface area contributed by atoms with Crippen LogP contribution in [0.5, 0.6) is 5.75 Å². The van der Waals surface area contributed by atoms with E-state index in [1.165, 1.54) is 20.3 Å². The number of benzene rings is 1. The van der Waals surface area contributed by atoms with Gasteiger partial charge in [-0.1, -0.05) is 0 Å². The normalized spacial score (nSPS) is 11.3. The Morgan fingerprint density at radius 2 is 1.82 bits per heavy atom. The minimum absolute atomic E-state index is 0.0165. The molecule has 0 aliphatic heterocycles. The van der Waals surface area contributed by atoms with Crippen molar-refractivity contribution in [2.75, 3.05) is 33.9 Å². The minimum atomic E-state index is -3.84. The summed E-state index contributed by atoms with van der Waals surface area (Å²) in [5.74, 6) is -0.182. The molecule has 0 atom stereocenters. The number of rotatable bonds is 8. The average molecular weight is 330 g/mol. The zero-order chi connectivity index (χ0) is 16.8. The van der Waals surface area contributed by atoms with Crippen LogP contribution in [0, 0.1) is 13.8 Å². The SMILES string of the molecule is COCCNC(=O)CNS(=O)(=O)c1cc(C)c(C)cc1OC. The first-order chi connectivity index (χ1) is 10.3. The van der Waals surface area contributed by atoms with Crippen LogP contribution in [0.4, 0.5) is 0 Å². The highest BCUT2D eigenvalue weighted by atomic mass is 32.2. The number of ether oxygens (including phenoxy) is 2. The van der Waals surface area contributed by atoms with Crippen molar-refractivity contribution in [2.24, 2.45) is 0 Å². The zero-order valence-corrected chi connectivity index (χ0v) is 14.0. The van der Waals surface area contributed by atoms with Crippen LogP contribution in [0.15, 0.2) is 17.0 Å². The molecule has 1 rings (SSSR count). The van der Waals surface area contributed by atoms with E-state index in [2.05, 4.69) is 10.0 Å². The largest absolute Gasteiger partial charge is 0.495 e. The molecule has 0 spiro atoms. The Morgan fingerprint density at radius 1 is 1.18 bits per heavy atom. The molecule has 22 heavy (non-hydrogen) atoms. The molecule has 0 aliphatic carbocycles. The number of hydrogen-bond donors (Lipinski definition) is 2. The van der Waals surface area contributed by atoms with Crippen LogP contribution in [0.1, 0.15) is 11.1 Å². The van der Waals surface area contributed by atoms with E-state index in [-0.39, 0.29) is 17.2 Å². The van der Waals surface area contributed by atoms with Crippen molar-refractivity contribution in [1.29, 1.82) is 0 Å². The molecule has 8 heteroatoms. The Kier molecular flexibility index (Phi) is 6.79. The number of methoxy groups -OCH3 is 2. The quantitative estimate of drug-likeness (QED) is 0.671. The summed E-state index contributed by atoms with van der Waals surface area (Å²) in [4.78, 5) is 11.6. The molecular formula is C14H22N2O5S. The maximum Gasteiger partial charge on any atom is 0.244 e. The third kappa shape index (κ3) is 4.97. The molecule has 0 heterocycles. The van der Waals surface area contributed by atoms with Gasteiger partial charge in [0.25, 0.3) is 0 Å². The third-order valence-corrected chi connectivity index (χ3v) is 4.54. The second-order valence-electron chi connectivity index (χ2n) is 4.75. The van der Waals surface area contributed by atoms with Crippen molar-refractivity contribution in [3.63, 3.8) is 0 Å². The third-order valence-electron chi connectivity index (χ3n) is 3.12. The molecule has 7 nitrogen and oxygen atoms in total. The van der Waals surface area contributed by atoms with Crippen LogP contribution in [0.2, 0.25) is 0 Å². The Balaban J connectivity index is 2.83. The lowest BCUT2D eigenvalue weighted by Crippen LogP contribution is -2.38. The highest BCUT2D eigenvalue weighted by Gasteiger charge is 2.21. The van der Waals surface area contributed by atoms with E-state index in [1.807, 2.05) is 13.8 Å². The highest BCUT2D eigenvalue weighted by Crippen LogP contribution is 2.26. The van der Waals surface area contributed by atoms with Gasteiger partial charge in [-0.25, -0.2) is 13.1 Å². The number of nitrogens with one attached hydrogen (secondary N) is 2. The van der Waals surface area contributed by atoms with Crippen molar-refractivity contribution >= 4 is 15.9 Å². The van der Waals surface area contributed by atoms with E-state index in [9.17, 15) is 13.2 Å². The maximum atomic E-state index is 12.3.